The second-order valence-electron chi connectivity index (χ2n) is 4.32. The van der Waals surface area contributed by atoms with Gasteiger partial charge in [0, 0.05) is 16.2 Å². The molecular weight excluding hydrogens is 340 g/mol. The third-order valence-electron chi connectivity index (χ3n) is 2.80. The Morgan fingerprint density at radius 3 is 2.70 bits per heavy atom. The zero-order valence-corrected chi connectivity index (χ0v) is 12.8. The van der Waals surface area contributed by atoms with Crippen molar-refractivity contribution in [2.75, 3.05) is 5.73 Å². The maximum atomic E-state index is 12.3. The van der Waals surface area contributed by atoms with Gasteiger partial charge in [-0.05, 0) is 29.8 Å². The number of oxazole rings is 1. The van der Waals surface area contributed by atoms with Crippen LogP contribution in [-0.4, -0.2) is 9.19 Å². The highest BCUT2D eigenvalue weighted by Gasteiger charge is 2.13. The average Bonchev–Trinajstić information content (AvgIpc) is 2.84. The molecule has 0 fully saturated rings. The maximum absolute atomic E-state index is 12.3. The van der Waals surface area contributed by atoms with Crippen LogP contribution in [0.4, 0.5) is 5.69 Å². The summed E-state index contributed by atoms with van der Waals surface area (Å²) in [4.78, 5) is 4.24. The molecule has 3 rings (SSSR count). The molecular formula is C14H11BrN2O2S. The number of hydrogen-bond donors (Lipinski definition) is 1. The van der Waals surface area contributed by atoms with Crippen LogP contribution < -0.4 is 5.73 Å². The zero-order valence-electron chi connectivity index (χ0n) is 10.4. The normalized spacial score (nSPS) is 12.7. The molecule has 2 aromatic carbocycles. The quantitative estimate of drug-likeness (QED) is 0.734. The molecule has 0 bridgehead atoms. The van der Waals surface area contributed by atoms with Gasteiger partial charge in [-0.2, -0.15) is 0 Å². The fourth-order valence-corrected chi connectivity index (χ4v) is 3.08. The first kappa shape index (κ1) is 13.3. The van der Waals surface area contributed by atoms with Crippen LogP contribution >= 0.6 is 15.9 Å². The minimum Gasteiger partial charge on any atom is -0.430 e. The summed E-state index contributed by atoms with van der Waals surface area (Å²) in [6.45, 7) is 0. The van der Waals surface area contributed by atoms with Crippen molar-refractivity contribution in [1.29, 1.82) is 0 Å². The first-order valence-corrected chi connectivity index (χ1v) is 8.02. The van der Waals surface area contributed by atoms with Crippen LogP contribution in [0.2, 0.25) is 0 Å². The van der Waals surface area contributed by atoms with Gasteiger partial charge >= 0.3 is 0 Å². The van der Waals surface area contributed by atoms with Gasteiger partial charge in [0.05, 0.1) is 5.75 Å². The Balaban J connectivity index is 1.86. The summed E-state index contributed by atoms with van der Waals surface area (Å²) in [6, 6.07) is 12.9. The number of nitrogen functional groups attached to an aromatic ring is 1. The molecule has 3 aromatic rings. The SMILES string of the molecule is Nc1ccc2nc(S(=O)Cc3ccc(Br)cc3)oc2c1. The molecule has 0 spiro atoms. The molecule has 6 heteroatoms. The van der Waals surface area contributed by atoms with Crippen LogP contribution in [0.25, 0.3) is 11.1 Å². The summed E-state index contributed by atoms with van der Waals surface area (Å²) in [5, 5.41) is 0.230. The first-order chi connectivity index (χ1) is 9.61. The summed E-state index contributed by atoms with van der Waals surface area (Å²) >= 11 is 3.37. The van der Waals surface area contributed by atoms with Crippen LogP contribution in [0, 0.1) is 0 Å². The molecule has 0 aliphatic heterocycles. The van der Waals surface area contributed by atoms with E-state index in [1.807, 2.05) is 24.3 Å². The van der Waals surface area contributed by atoms with E-state index in [1.165, 1.54) is 0 Å². The van der Waals surface area contributed by atoms with Gasteiger partial charge in [-0.15, -0.1) is 0 Å². The lowest BCUT2D eigenvalue weighted by molar-refractivity contribution is 0.477. The topological polar surface area (TPSA) is 69.1 Å². The van der Waals surface area contributed by atoms with Crippen LogP contribution in [0.5, 0.6) is 0 Å². The summed E-state index contributed by atoms with van der Waals surface area (Å²) in [5.74, 6) is 0.371. The van der Waals surface area contributed by atoms with Crippen LogP contribution in [0.1, 0.15) is 5.56 Å². The molecule has 102 valence electrons. The van der Waals surface area contributed by atoms with Crippen molar-refractivity contribution in [3.8, 4) is 0 Å². The number of nitrogens with two attached hydrogens (primary N) is 1. The van der Waals surface area contributed by atoms with Gasteiger partial charge in [0.25, 0.3) is 5.22 Å². The van der Waals surface area contributed by atoms with E-state index in [2.05, 4.69) is 20.9 Å². The fourth-order valence-electron chi connectivity index (χ4n) is 1.81. The molecule has 1 aromatic heterocycles. The maximum Gasteiger partial charge on any atom is 0.288 e. The van der Waals surface area contributed by atoms with Crippen molar-refractivity contribution < 1.29 is 8.63 Å². The Morgan fingerprint density at radius 2 is 1.95 bits per heavy atom. The Hall–Kier alpha value is -1.66. The summed E-state index contributed by atoms with van der Waals surface area (Å²) in [6.07, 6.45) is 0. The highest BCUT2D eigenvalue weighted by atomic mass is 79.9. The van der Waals surface area contributed by atoms with Gasteiger partial charge < -0.3 is 10.2 Å². The van der Waals surface area contributed by atoms with E-state index >= 15 is 0 Å². The number of halogens is 1. The number of fused-ring (bicyclic) bond motifs is 1. The molecule has 2 N–H and O–H groups in total. The second kappa shape index (κ2) is 5.38. The second-order valence-corrected chi connectivity index (χ2v) is 6.57. The predicted molar refractivity (Wildman–Crippen MR) is 82.7 cm³/mol. The fraction of sp³-hybridized carbons (Fsp3) is 0.0714. The zero-order chi connectivity index (χ0) is 14.1. The van der Waals surface area contributed by atoms with Crippen LogP contribution in [0.15, 0.2) is 56.6 Å². The molecule has 0 saturated carbocycles. The average molecular weight is 351 g/mol. The minimum atomic E-state index is -1.31. The van der Waals surface area contributed by atoms with Crippen molar-refractivity contribution in [2.45, 2.75) is 11.0 Å². The third-order valence-corrected chi connectivity index (χ3v) is 4.49. The number of nitrogens with zero attached hydrogens (tertiary/aromatic N) is 1. The summed E-state index contributed by atoms with van der Waals surface area (Å²) in [7, 11) is -1.31. The van der Waals surface area contributed by atoms with Gasteiger partial charge in [-0.3, -0.25) is 0 Å². The Morgan fingerprint density at radius 1 is 1.20 bits per heavy atom. The van der Waals surface area contributed by atoms with Crippen molar-refractivity contribution >= 4 is 43.5 Å². The van der Waals surface area contributed by atoms with Gasteiger partial charge in [-0.25, -0.2) is 9.19 Å². The first-order valence-electron chi connectivity index (χ1n) is 5.91. The van der Waals surface area contributed by atoms with Crippen molar-refractivity contribution in [3.05, 3.63) is 52.5 Å². The number of anilines is 1. The Bertz CT molecular complexity index is 783. The highest BCUT2D eigenvalue weighted by Crippen LogP contribution is 2.22. The molecule has 20 heavy (non-hydrogen) atoms. The molecule has 1 heterocycles. The minimum absolute atomic E-state index is 0.230. The largest absolute Gasteiger partial charge is 0.430 e. The van der Waals surface area contributed by atoms with Crippen molar-refractivity contribution in [3.63, 3.8) is 0 Å². The monoisotopic (exact) mass is 350 g/mol. The van der Waals surface area contributed by atoms with E-state index < -0.39 is 10.8 Å². The number of hydrogen-bond acceptors (Lipinski definition) is 4. The number of aromatic nitrogens is 1. The van der Waals surface area contributed by atoms with Crippen molar-refractivity contribution in [2.24, 2.45) is 0 Å². The van der Waals surface area contributed by atoms with E-state index in [0.29, 0.717) is 22.5 Å². The number of benzene rings is 2. The molecule has 0 radical (unpaired) electrons. The van der Waals surface area contributed by atoms with Gasteiger partial charge in [0.15, 0.2) is 5.58 Å². The van der Waals surface area contributed by atoms with E-state index in [9.17, 15) is 4.21 Å². The molecule has 0 aliphatic rings. The smallest absolute Gasteiger partial charge is 0.288 e. The third kappa shape index (κ3) is 2.76. The standard InChI is InChI=1S/C14H11BrN2O2S/c15-10-3-1-9(2-4-10)8-20(18)14-17-12-6-5-11(16)7-13(12)19-14/h1-7H,8,16H2. The molecule has 0 aliphatic carbocycles. The van der Waals surface area contributed by atoms with Gasteiger partial charge in [0.2, 0.25) is 0 Å². The van der Waals surface area contributed by atoms with E-state index in [1.54, 1.807) is 18.2 Å². The molecule has 0 saturated heterocycles. The lowest BCUT2D eigenvalue weighted by Crippen LogP contribution is -1.96. The summed E-state index contributed by atoms with van der Waals surface area (Å²) in [5.41, 5.74) is 8.47. The lowest BCUT2D eigenvalue weighted by Gasteiger charge is -1.98. The van der Waals surface area contributed by atoms with E-state index in [0.717, 1.165) is 10.0 Å². The van der Waals surface area contributed by atoms with Gasteiger partial charge in [0.1, 0.15) is 16.3 Å². The highest BCUT2D eigenvalue weighted by molar-refractivity contribution is 9.10. The molecule has 0 amide bonds. The molecule has 1 unspecified atom stereocenters. The number of rotatable bonds is 3. The molecule has 4 nitrogen and oxygen atoms in total. The lowest BCUT2D eigenvalue weighted by atomic mass is 10.2. The van der Waals surface area contributed by atoms with Crippen LogP contribution in [-0.2, 0) is 16.6 Å². The van der Waals surface area contributed by atoms with Gasteiger partial charge in [-0.1, -0.05) is 28.1 Å². The Kier molecular flexibility index (Phi) is 3.58. The van der Waals surface area contributed by atoms with Crippen molar-refractivity contribution in [1.82, 2.24) is 4.98 Å². The van der Waals surface area contributed by atoms with Crippen LogP contribution in [0.3, 0.4) is 0 Å². The predicted octanol–water partition coefficient (Wildman–Crippen LogP) is 3.48. The van der Waals surface area contributed by atoms with E-state index in [4.69, 9.17) is 10.2 Å². The molecule has 1 atom stereocenters. The summed E-state index contributed by atoms with van der Waals surface area (Å²) < 4.78 is 18.8. The van der Waals surface area contributed by atoms with E-state index in [-0.39, 0.29) is 5.22 Å². The Labute approximate surface area is 126 Å².